The lowest BCUT2D eigenvalue weighted by molar-refractivity contribution is -0.131. The van der Waals surface area contributed by atoms with Crippen molar-refractivity contribution in [3.63, 3.8) is 0 Å². The van der Waals surface area contributed by atoms with E-state index in [1.165, 1.54) is 0 Å². The molecular formula is C13H23NO3. The summed E-state index contributed by atoms with van der Waals surface area (Å²) in [5.74, 6) is 0.607. The van der Waals surface area contributed by atoms with Crippen LogP contribution >= 0.6 is 0 Å². The van der Waals surface area contributed by atoms with Gasteiger partial charge in [0.1, 0.15) is 0 Å². The average Bonchev–Trinajstić information content (AvgIpc) is 2.32. The zero-order valence-corrected chi connectivity index (χ0v) is 10.5. The maximum absolute atomic E-state index is 12.1. The summed E-state index contributed by atoms with van der Waals surface area (Å²) in [5, 5.41) is 12.6. The fourth-order valence-electron chi connectivity index (χ4n) is 2.80. The Morgan fingerprint density at radius 3 is 2.59 bits per heavy atom. The second-order valence-electron chi connectivity index (χ2n) is 5.46. The Balaban J connectivity index is 1.79. The molecule has 0 bridgehead atoms. The Kier molecular flexibility index (Phi) is 4.40. The summed E-state index contributed by atoms with van der Waals surface area (Å²) in [6.07, 6.45) is 4.12. The summed E-state index contributed by atoms with van der Waals surface area (Å²) in [6, 6.07) is 0.265. The van der Waals surface area contributed by atoms with E-state index in [4.69, 9.17) is 4.74 Å². The van der Waals surface area contributed by atoms with Crippen molar-refractivity contribution >= 4 is 5.91 Å². The quantitative estimate of drug-likeness (QED) is 0.760. The van der Waals surface area contributed by atoms with Crippen LogP contribution in [0.2, 0.25) is 0 Å². The minimum Gasteiger partial charge on any atom is -0.393 e. The Hall–Kier alpha value is -0.610. The van der Waals surface area contributed by atoms with Crippen molar-refractivity contribution in [3.8, 4) is 0 Å². The molecule has 2 fully saturated rings. The zero-order chi connectivity index (χ0) is 12.3. The first kappa shape index (κ1) is 12.8. The second-order valence-corrected chi connectivity index (χ2v) is 5.46. The van der Waals surface area contributed by atoms with E-state index in [2.05, 4.69) is 12.2 Å². The maximum atomic E-state index is 12.1. The molecule has 0 spiro atoms. The molecule has 0 aromatic carbocycles. The minimum atomic E-state index is -0.162. The molecule has 2 atom stereocenters. The third kappa shape index (κ3) is 3.42. The van der Waals surface area contributed by atoms with E-state index >= 15 is 0 Å². The molecule has 0 radical (unpaired) electrons. The van der Waals surface area contributed by atoms with Gasteiger partial charge in [-0.2, -0.15) is 0 Å². The number of aliphatic hydroxyl groups excluding tert-OH is 1. The smallest absolute Gasteiger partial charge is 0.223 e. The molecule has 1 aliphatic heterocycles. The second kappa shape index (κ2) is 5.83. The number of amides is 1. The molecule has 1 aliphatic carbocycles. The zero-order valence-electron chi connectivity index (χ0n) is 10.5. The van der Waals surface area contributed by atoms with Crippen LogP contribution in [-0.4, -0.2) is 36.4 Å². The van der Waals surface area contributed by atoms with Gasteiger partial charge in [0.05, 0.1) is 6.10 Å². The average molecular weight is 241 g/mol. The van der Waals surface area contributed by atoms with E-state index < -0.39 is 0 Å². The molecule has 0 aromatic rings. The van der Waals surface area contributed by atoms with Gasteiger partial charge in [0.25, 0.3) is 0 Å². The lowest BCUT2D eigenvalue weighted by Gasteiger charge is -2.31. The molecule has 2 rings (SSSR count). The van der Waals surface area contributed by atoms with Crippen LogP contribution in [0.5, 0.6) is 0 Å². The van der Waals surface area contributed by atoms with Crippen LogP contribution in [0.4, 0.5) is 0 Å². The summed E-state index contributed by atoms with van der Waals surface area (Å²) in [4.78, 5) is 12.1. The molecule has 1 saturated carbocycles. The highest BCUT2D eigenvalue weighted by atomic mass is 16.5. The van der Waals surface area contributed by atoms with E-state index in [-0.39, 0.29) is 24.0 Å². The van der Waals surface area contributed by atoms with Gasteiger partial charge in [-0.15, -0.1) is 0 Å². The monoisotopic (exact) mass is 241 g/mol. The van der Waals surface area contributed by atoms with E-state index in [1.54, 1.807) is 0 Å². The largest absolute Gasteiger partial charge is 0.393 e. The molecular weight excluding hydrogens is 218 g/mol. The third-order valence-electron chi connectivity index (χ3n) is 4.02. The van der Waals surface area contributed by atoms with Gasteiger partial charge in [-0.1, -0.05) is 6.92 Å². The van der Waals surface area contributed by atoms with Crippen LogP contribution < -0.4 is 5.32 Å². The van der Waals surface area contributed by atoms with Crippen molar-refractivity contribution in [2.75, 3.05) is 13.2 Å². The first-order valence-corrected chi connectivity index (χ1v) is 6.73. The number of hydrogen-bond donors (Lipinski definition) is 2. The number of nitrogens with one attached hydrogen (secondary N) is 1. The summed E-state index contributed by atoms with van der Waals surface area (Å²) in [6.45, 7) is 3.47. The van der Waals surface area contributed by atoms with Crippen molar-refractivity contribution < 1.29 is 14.6 Å². The third-order valence-corrected chi connectivity index (χ3v) is 4.02. The predicted molar refractivity (Wildman–Crippen MR) is 64.5 cm³/mol. The van der Waals surface area contributed by atoms with Crippen LogP contribution in [0.15, 0.2) is 0 Å². The molecule has 4 nitrogen and oxygen atoms in total. The number of aliphatic hydroxyl groups is 1. The Morgan fingerprint density at radius 2 is 1.94 bits per heavy atom. The number of carbonyl (C=O) groups is 1. The molecule has 2 N–H and O–H groups in total. The number of rotatable bonds is 2. The van der Waals surface area contributed by atoms with Gasteiger partial charge in [-0.3, -0.25) is 4.79 Å². The number of ether oxygens (including phenoxy) is 1. The topological polar surface area (TPSA) is 58.6 Å². The van der Waals surface area contributed by atoms with Crippen molar-refractivity contribution in [1.29, 1.82) is 0 Å². The highest BCUT2D eigenvalue weighted by Crippen LogP contribution is 2.23. The van der Waals surface area contributed by atoms with E-state index in [0.29, 0.717) is 19.1 Å². The first-order chi connectivity index (χ1) is 8.16. The summed E-state index contributed by atoms with van der Waals surface area (Å²) in [7, 11) is 0. The molecule has 4 heteroatoms. The van der Waals surface area contributed by atoms with Crippen LogP contribution in [0.25, 0.3) is 0 Å². The summed E-state index contributed by atoms with van der Waals surface area (Å²) in [5.41, 5.74) is 0. The standard InChI is InChI=1S/C13H23NO3/c1-9-8-17-7-6-12(9)13(16)14-10-2-4-11(15)5-3-10/h9-12,15H,2-8H2,1H3,(H,14,16). The summed E-state index contributed by atoms with van der Waals surface area (Å²) < 4.78 is 5.35. The lowest BCUT2D eigenvalue weighted by Crippen LogP contribution is -2.45. The fourth-order valence-corrected chi connectivity index (χ4v) is 2.80. The van der Waals surface area contributed by atoms with Crippen LogP contribution in [0.3, 0.4) is 0 Å². The van der Waals surface area contributed by atoms with E-state index in [0.717, 1.165) is 32.1 Å². The van der Waals surface area contributed by atoms with E-state index in [1.807, 2.05) is 0 Å². The Morgan fingerprint density at radius 1 is 1.24 bits per heavy atom. The molecule has 17 heavy (non-hydrogen) atoms. The summed E-state index contributed by atoms with van der Waals surface area (Å²) >= 11 is 0. The van der Waals surface area contributed by atoms with Gasteiger partial charge in [0.2, 0.25) is 5.91 Å². The van der Waals surface area contributed by atoms with Gasteiger partial charge in [-0.25, -0.2) is 0 Å². The highest BCUT2D eigenvalue weighted by Gasteiger charge is 2.30. The molecule has 1 saturated heterocycles. The van der Waals surface area contributed by atoms with Crippen molar-refractivity contribution in [2.45, 2.75) is 51.2 Å². The Bertz CT molecular complexity index is 261. The number of carbonyl (C=O) groups excluding carboxylic acids is 1. The van der Waals surface area contributed by atoms with Crippen molar-refractivity contribution in [2.24, 2.45) is 11.8 Å². The molecule has 98 valence electrons. The molecule has 2 unspecified atom stereocenters. The molecule has 0 aromatic heterocycles. The maximum Gasteiger partial charge on any atom is 0.223 e. The van der Waals surface area contributed by atoms with Gasteiger partial charge >= 0.3 is 0 Å². The van der Waals surface area contributed by atoms with Gasteiger partial charge < -0.3 is 15.2 Å². The van der Waals surface area contributed by atoms with Crippen LogP contribution in [0.1, 0.15) is 39.0 Å². The van der Waals surface area contributed by atoms with Gasteiger partial charge in [-0.05, 0) is 38.0 Å². The predicted octanol–water partition coefficient (Wildman–Crippen LogP) is 1.08. The van der Waals surface area contributed by atoms with Gasteiger partial charge in [0, 0.05) is 25.2 Å². The minimum absolute atomic E-state index is 0.107. The Labute approximate surface area is 103 Å². The molecule has 2 aliphatic rings. The molecule has 1 heterocycles. The lowest BCUT2D eigenvalue weighted by atomic mass is 9.87. The van der Waals surface area contributed by atoms with Crippen molar-refractivity contribution in [1.82, 2.24) is 5.32 Å². The van der Waals surface area contributed by atoms with E-state index in [9.17, 15) is 9.90 Å². The number of hydrogen-bond acceptors (Lipinski definition) is 3. The fraction of sp³-hybridized carbons (Fsp3) is 0.923. The SMILES string of the molecule is CC1COCCC1C(=O)NC1CCC(O)CC1. The van der Waals surface area contributed by atoms with Crippen LogP contribution in [-0.2, 0) is 9.53 Å². The normalized spacial score (nSPS) is 38.7. The highest BCUT2D eigenvalue weighted by molar-refractivity contribution is 5.79. The van der Waals surface area contributed by atoms with Gasteiger partial charge in [0.15, 0.2) is 0 Å². The van der Waals surface area contributed by atoms with Crippen LogP contribution in [0, 0.1) is 11.8 Å². The molecule has 1 amide bonds. The first-order valence-electron chi connectivity index (χ1n) is 6.73. The van der Waals surface area contributed by atoms with Crippen molar-refractivity contribution in [3.05, 3.63) is 0 Å².